The van der Waals surface area contributed by atoms with Crippen LogP contribution < -0.4 is 15.4 Å². The van der Waals surface area contributed by atoms with Crippen LogP contribution in [-0.4, -0.2) is 41.5 Å². The first-order chi connectivity index (χ1) is 15.4. The number of hydrogen-bond donors (Lipinski definition) is 2. The number of nitrogens with one attached hydrogen (secondary N) is 2. The highest BCUT2D eigenvalue weighted by Gasteiger charge is 2.66. The first kappa shape index (κ1) is 23.0. The molecular formula is C21H20F5N3O4. The van der Waals surface area contributed by atoms with Gasteiger partial charge in [-0.25, -0.2) is 9.18 Å². The molecule has 33 heavy (non-hydrogen) atoms. The van der Waals surface area contributed by atoms with E-state index in [4.69, 9.17) is 9.47 Å². The Morgan fingerprint density at radius 3 is 2.64 bits per heavy atom. The van der Waals surface area contributed by atoms with E-state index in [1.807, 2.05) is 0 Å². The molecule has 0 saturated carbocycles. The van der Waals surface area contributed by atoms with Gasteiger partial charge in [-0.05, 0) is 19.1 Å². The summed E-state index contributed by atoms with van der Waals surface area (Å²) >= 11 is 0. The van der Waals surface area contributed by atoms with Gasteiger partial charge in [0, 0.05) is 23.6 Å². The summed E-state index contributed by atoms with van der Waals surface area (Å²) in [6.07, 6.45) is -5.17. The molecule has 2 aliphatic rings. The average molecular weight is 473 g/mol. The third-order valence-corrected chi connectivity index (χ3v) is 6.45. The summed E-state index contributed by atoms with van der Waals surface area (Å²) < 4.78 is 81.6. The second-order valence-electron chi connectivity index (χ2n) is 8.14. The van der Waals surface area contributed by atoms with Gasteiger partial charge in [0.1, 0.15) is 6.10 Å². The number of halogens is 5. The van der Waals surface area contributed by atoms with E-state index in [0.717, 1.165) is 26.2 Å². The van der Waals surface area contributed by atoms with Crippen molar-refractivity contribution in [2.24, 2.45) is 5.92 Å². The Hall–Kier alpha value is -3.15. The van der Waals surface area contributed by atoms with Crippen molar-refractivity contribution in [2.45, 2.75) is 44.2 Å². The van der Waals surface area contributed by atoms with Gasteiger partial charge in [-0.1, -0.05) is 13.0 Å². The zero-order valence-electron chi connectivity index (χ0n) is 17.7. The van der Waals surface area contributed by atoms with Crippen LogP contribution in [-0.2, 0) is 16.1 Å². The van der Waals surface area contributed by atoms with Gasteiger partial charge in [0.2, 0.25) is 5.82 Å². The van der Waals surface area contributed by atoms with E-state index in [0.29, 0.717) is 5.69 Å². The number of nitrogens with zero attached hydrogens (tertiary/aromatic N) is 1. The highest BCUT2D eigenvalue weighted by Crippen LogP contribution is 2.55. The second-order valence-corrected chi connectivity index (χ2v) is 8.14. The van der Waals surface area contributed by atoms with Crippen molar-refractivity contribution in [3.05, 3.63) is 47.3 Å². The summed E-state index contributed by atoms with van der Waals surface area (Å²) in [4.78, 5) is 24.9. The number of carbonyl (C=O) groups excluding carboxylic acids is 2. The molecule has 3 heterocycles. The number of amides is 2. The van der Waals surface area contributed by atoms with Crippen LogP contribution in [0.4, 0.5) is 32.4 Å². The molecule has 12 heteroatoms. The van der Waals surface area contributed by atoms with E-state index in [1.165, 1.54) is 23.8 Å². The lowest BCUT2D eigenvalue weighted by molar-refractivity contribution is -0.272. The van der Waals surface area contributed by atoms with Crippen LogP contribution >= 0.6 is 0 Å². The van der Waals surface area contributed by atoms with Crippen LogP contribution in [0.2, 0.25) is 0 Å². The summed E-state index contributed by atoms with van der Waals surface area (Å²) in [5.74, 6) is -6.84. The maximum Gasteiger partial charge on any atom is 0.417 e. The van der Waals surface area contributed by atoms with Gasteiger partial charge in [0.15, 0.2) is 17.2 Å². The van der Waals surface area contributed by atoms with E-state index in [1.54, 1.807) is 0 Å². The zero-order chi connectivity index (χ0) is 24.3. The quantitative estimate of drug-likeness (QED) is 0.660. The number of carbonyl (C=O) groups is 2. The Labute approximate surface area is 184 Å². The molecule has 0 spiro atoms. The Morgan fingerprint density at radius 2 is 2.00 bits per heavy atom. The molecule has 7 nitrogen and oxygen atoms in total. The number of benzene rings is 1. The van der Waals surface area contributed by atoms with Crippen molar-refractivity contribution >= 4 is 17.6 Å². The normalized spacial score (nSPS) is 26.8. The summed E-state index contributed by atoms with van der Waals surface area (Å²) in [5, 5.41) is 5.05. The molecule has 2 amide bonds. The average Bonchev–Trinajstić information content (AvgIpc) is 3.39. The summed E-state index contributed by atoms with van der Waals surface area (Å²) in [5.41, 5.74) is -2.25. The summed E-state index contributed by atoms with van der Waals surface area (Å²) in [6, 6.07) is 2.87. The second kappa shape index (κ2) is 7.72. The molecule has 4 atom stereocenters. The standard InChI is InChI=1S/C21H20F5N3O4/c1-9-14(10-4-5-11(22)15(23)16(10)32-3)17(33-20(9,2)21(24,25)26)18(30)28-12-6-7-29-13(12)8-27-19(29)31/h4-7,9,14,17H,8H2,1-3H3,(H,27,31)(H,28,30)/t9-,14-,17+,20+/m0/s1. The highest BCUT2D eigenvalue weighted by atomic mass is 19.4. The van der Waals surface area contributed by atoms with E-state index in [9.17, 15) is 31.5 Å². The monoisotopic (exact) mass is 473 g/mol. The van der Waals surface area contributed by atoms with Crippen molar-refractivity contribution in [3.8, 4) is 5.75 Å². The molecule has 2 aromatic rings. The molecular weight excluding hydrogens is 453 g/mol. The lowest BCUT2D eigenvalue weighted by Gasteiger charge is -2.32. The number of hydrogen-bond acceptors (Lipinski definition) is 4. The lowest BCUT2D eigenvalue weighted by Crippen LogP contribution is -2.47. The SMILES string of the molecule is COc1c([C@H]2[C@H](C(=O)Nc3ccn4c3CNC4=O)O[C@@](C)(C(F)(F)F)[C@H]2C)ccc(F)c1F. The fourth-order valence-electron chi connectivity index (χ4n) is 4.44. The van der Waals surface area contributed by atoms with Gasteiger partial charge >= 0.3 is 12.2 Å². The fraction of sp³-hybridized carbons (Fsp3) is 0.429. The van der Waals surface area contributed by atoms with Crippen molar-refractivity contribution in [1.29, 1.82) is 0 Å². The van der Waals surface area contributed by atoms with E-state index < -0.39 is 59.0 Å². The minimum Gasteiger partial charge on any atom is -0.493 e. The van der Waals surface area contributed by atoms with Crippen LogP contribution in [0.1, 0.15) is 31.0 Å². The molecule has 4 rings (SSSR count). The molecule has 0 bridgehead atoms. The minimum atomic E-state index is -4.86. The van der Waals surface area contributed by atoms with Crippen LogP contribution in [0.5, 0.6) is 5.75 Å². The van der Waals surface area contributed by atoms with Gasteiger partial charge in [-0.3, -0.25) is 9.36 Å². The van der Waals surface area contributed by atoms with Crippen LogP contribution in [0.15, 0.2) is 24.4 Å². The molecule has 0 unspecified atom stereocenters. The molecule has 2 aliphatic heterocycles. The first-order valence-electron chi connectivity index (χ1n) is 9.96. The maximum atomic E-state index is 14.4. The number of aromatic nitrogens is 1. The van der Waals surface area contributed by atoms with Crippen molar-refractivity contribution in [2.75, 3.05) is 12.4 Å². The molecule has 1 aromatic heterocycles. The predicted octanol–water partition coefficient (Wildman–Crippen LogP) is 3.92. The third-order valence-electron chi connectivity index (χ3n) is 6.45. The predicted molar refractivity (Wildman–Crippen MR) is 105 cm³/mol. The van der Waals surface area contributed by atoms with Gasteiger partial charge in [0.25, 0.3) is 5.91 Å². The molecule has 1 aromatic carbocycles. The summed E-state index contributed by atoms with van der Waals surface area (Å²) in [7, 11) is 1.05. The van der Waals surface area contributed by atoms with Gasteiger partial charge in [0.05, 0.1) is 25.0 Å². The molecule has 178 valence electrons. The Bertz CT molecular complexity index is 1130. The maximum absolute atomic E-state index is 14.4. The van der Waals surface area contributed by atoms with Crippen molar-refractivity contribution < 1.29 is 41.0 Å². The third kappa shape index (κ3) is 3.43. The molecule has 0 aliphatic carbocycles. The smallest absolute Gasteiger partial charge is 0.417 e. The first-order valence-corrected chi connectivity index (χ1v) is 9.96. The van der Waals surface area contributed by atoms with Crippen LogP contribution in [0.3, 0.4) is 0 Å². The number of anilines is 1. The number of rotatable bonds is 4. The molecule has 1 fully saturated rings. The van der Waals surface area contributed by atoms with Gasteiger partial charge < -0.3 is 20.1 Å². The largest absolute Gasteiger partial charge is 0.493 e. The van der Waals surface area contributed by atoms with Crippen molar-refractivity contribution in [3.63, 3.8) is 0 Å². The van der Waals surface area contributed by atoms with E-state index in [2.05, 4.69) is 10.6 Å². The molecule has 2 N–H and O–H groups in total. The lowest BCUT2D eigenvalue weighted by atomic mass is 9.77. The minimum absolute atomic E-state index is 0.115. The Morgan fingerprint density at radius 1 is 1.30 bits per heavy atom. The Kier molecular flexibility index (Phi) is 5.38. The number of fused-ring (bicyclic) bond motifs is 1. The molecule has 1 saturated heterocycles. The highest BCUT2D eigenvalue weighted by molar-refractivity contribution is 5.97. The van der Waals surface area contributed by atoms with E-state index in [-0.39, 0.29) is 17.8 Å². The van der Waals surface area contributed by atoms with Crippen molar-refractivity contribution in [1.82, 2.24) is 9.88 Å². The number of ether oxygens (including phenoxy) is 2. The van der Waals surface area contributed by atoms with Crippen LogP contribution in [0, 0.1) is 17.6 Å². The number of methoxy groups -OCH3 is 1. The van der Waals surface area contributed by atoms with Gasteiger partial charge in [-0.2, -0.15) is 17.6 Å². The number of alkyl halides is 3. The fourth-order valence-corrected chi connectivity index (χ4v) is 4.44. The van der Waals surface area contributed by atoms with Crippen LogP contribution in [0.25, 0.3) is 0 Å². The van der Waals surface area contributed by atoms with E-state index >= 15 is 0 Å². The topological polar surface area (TPSA) is 81.6 Å². The Balaban J connectivity index is 1.76. The zero-order valence-corrected chi connectivity index (χ0v) is 17.7. The molecule has 0 radical (unpaired) electrons. The summed E-state index contributed by atoms with van der Waals surface area (Å²) in [6.45, 7) is 2.15. The van der Waals surface area contributed by atoms with Gasteiger partial charge in [-0.15, -0.1) is 0 Å².